The summed E-state index contributed by atoms with van der Waals surface area (Å²) in [5.41, 5.74) is -0.0514. The molecule has 2 aliphatic rings. The maximum absolute atomic E-state index is 13.6. The van der Waals surface area contributed by atoms with E-state index in [-0.39, 0.29) is 18.4 Å². The molecule has 0 spiro atoms. The summed E-state index contributed by atoms with van der Waals surface area (Å²) in [4.78, 5) is 28.6. The normalized spacial score (nSPS) is 18.1. The number of halogens is 3. The van der Waals surface area contributed by atoms with Crippen molar-refractivity contribution in [1.29, 1.82) is 0 Å². The van der Waals surface area contributed by atoms with E-state index in [4.69, 9.17) is 9.47 Å². The first-order valence-electron chi connectivity index (χ1n) is 12.4. The minimum absolute atomic E-state index is 0.252. The number of esters is 1. The van der Waals surface area contributed by atoms with Crippen LogP contribution in [0.5, 0.6) is 0 Å². The highest BCUT2D eigenvalue weighted by Crippen LogP contribution is 2.38. The largest absolute Gasteiger partial charge is 0.460 e. The Bertz CT molecular complexity index is 998. The van der Waals surface area contributed by atoms with E-state index >= 15 is 0 Å². The van der Waals surface area contributed by atoms with E-state index in [1.54, 1.807) is 25.7 Å². The first-order chi connectivity index (χ1) is 16.5. The summed E-state index contributed by atoms with van der Waals surface area (Å²) in [6, 6.07) is 3.75. The molecule has 0 bridgehead atoms. The van der Waals surface area contributed by atoms with Crippen molar-refractivity contribution in [2.24, 2.45) is 5.92 Å². The van der Waals surface area contributed by atoms with Crippen LogP contribution in [0.25, 0.3) is 5.57 Å². The van der Waals surface area contributed by atoms with Crippen LogP contribution in [0.1, 0.15) is 71.9 Å². The van der Waals surface area contributed by atoms with E-state index in [0.29, 0.717) is 50.1 Å². The first kappa shape index (κ1) is 27.9. The fourth-order valence-corrected chi connectivity index (χ4v) is 4.40. The second-order valence-corrected chi connectivity index (χ2v) is 11.4. The molecule has 1 aromatic rings. The third-order valence-corrected chi connectivity index (χ3v) is 6.05. The van der Waals surface area contributed by atoms with Gasteiger partial charge in [0.25, 0.3) is 0 Å². The highest BCUT2D eigenvalue weighted by Gasteiger charge is 2.35. The number of carbonyl (C=O) groups is 2. The number of nitrogens with zero attached hydrogens (tertiary/aromatic N) is 2. The molecule has 36 heavy (non-hydrogen) atoms. The number of alkyl halides is 3. The molecule has 200 valence electrons. The van der Waals surface area contributed by atoms with Crippen LogP contribution in [0.15, 0.2) is 24.3 Å². The van der Waals surface area contributed by atoms with Gasteiger partial charge in [-0.05, 0) is 78.5 Å². The lowest BCUT2D eigenvalue weighted by Crippen LogP contribution is -2.40. The Morgan fingerprint density at radius 2 is 1.53 bits per heavy atom. The molecule has 0 N–H and O–H groups in total. The van der Waals surface area contributed by atoms with Crippen LogP contribution in [-0.2, 0) is 20.4 Å². The minimum Gasteiger partial charge on any atom is -0.460 e. The maximum Gasteiger partial charge on any atom is 0.416 e. The number of ether oxygens (including phenoxy) is 2. The van der Waals surface area contributed by atoms with Gasteiger partial charge in [-0.2, -0.15) is 13.2 Å². The molecular weight excluding hydrogens is 473 g/mol. The van der Waals surface area contributed by atoms with Crippen molar-refractivity contribution in [2.75, 3.05) is 31.1 Å². The van der Waals surface area contributed by atoms with Gasteiger partial charge >= 0.3 is 18.2 Å². The van der Waals surface area contributed by atoms with Gasteiger partial charge in [0, 0.05) is 37.4 Å². The summed E-state index contributed by atoms with van der Waals surface area (Å²) in [5.74, 6) is -0.555. The van der Waals surface area contributed by atoms with Crippen molar-refractivity contribution in [2.45, 2.75) is 78.2 Å². The molecular formula is C27H37F3N2O4. The topological polar surface area (TPSA) is 59.1 Å². The van der Waals surface area contributed by atoms with Crippen LogP contribution >= 0.6 is 0 Å². The summed E-state index contributed by atoms with van der Waals surface area (Å²) in [7, 11) is 0. The van der Waals surface area contributed by atoms with Gasteiger partial charge in [-0.1, -0.05) is 12.1 Å². The van der Waals surface area contributed by atoms with E-state index < -0.39 is 29.0 Å². The number of benzene rings is 1. The van der Waals surface area contributed by atoms with Gasteiger partial charge in [-0.25, -0.2) is 4.79 Å². The zero-order valence-electron chi connectivity index (χ0n) is 22.0. The molecule has 1 aromatic carbocycles. The third kappa shape index (κ3) is 7.40. The van der Waals surface area contributed by atoms with Gasteiger partial charge < -0.3 is 19.3 Å². The van der Waals surface area contributed by atoms with Gasteiger partial charge in [-0.3, -0.25) is 4.79 Å². The Balaban J connectivity index is 1.84. The monoisotopic (exact) mass is 510 g/mol. The second kappa shape index (κ2) is 10.3. The average Bonchev–Trinajstić information content (AvgIpc) is 2.76. The smallest absolute Gasteiger partial charge is 0.416 e. The van der Waals surface area contributed by atoms with Crippen LogP contribution < -0.4 is 4.90 Å². The Labute approximate surface area is 211 Å². The molecule has 6 nitrogen and oxygen atoms in total. The summed E-state index contributed by atoms with van der Waals surface area (Å²) >= 11 is 0. The van der Waals surface area contributed by atoms with Crippen molar-refractivity contribution >= 4 is 23.3 Å². The fourth-order valence-electron chi connectivity index (χ4n) is 4.40. The number of carbonyl (C=O) groups excluding carboxylic acids is 2. The molecule has 9 heteroatoms. The molecule has 0 saturated carbocycles. The van der Waals surface area contributed by atoms with Gasteiger partial charge in [0.15, 0.2) is 0 Å². The van der Waals surface area contributed by atoms with E-state index in [1.807, 2.05) is 31.7 Å². The first-order valence-corrected chi connectivity index (χ1v) is 12.4. The fraction of sp³-hybridized carbons (Fsp3) is 0.630. The predicted molar refractivity (Wildman–Crippen MR) is 133 cm³/mol. The highest BCUT2D eigenvalue weighted by molar-refractivity contribution is 5.82. The quantitative estimate of drug-likeness (QED) is 0.448. The van der Waals surface area contributed by atoms with E-state index in [0.717, 1.165) is 11.6 Å². The summed E-state index contributed by atoms with van der Waals surface area (Å²) in [6.07, 6.45) is -1.39. The minimum atomic E-state index is -4.48. The van der Waals surface area contributed by atoms with E-state index in [1.165, 1.54) is 12.1 Å². The lowest BCUT2D eigenvalue weighted by molar-refractivity contribution is -0.160. The molecule has 2 heterocycles. The average molecular weight is 511 g/mol. The molecule has 0 aromatic heterocycles. The number of piperidine rings is 1. The third-order valence-electron chi connectivity index (χ3n) is 6.05. The van der Waals surface area contributed by atoms with Crippen LogP contribution in [-0.4, -0.2) is 54.3 Å². The van der Waals surface area contributed by atoms with Crippen LogP contribution in [0, 0.1) is 5.92 Å². The molecule has 2 aliphatic heterocycles. The number of hydrogen-bond acceptors (Lipinski definition) is 5. The predicted octanol–water partition coefficient (Wildman–Crippen LogP) is 6.29. The zero-order chi connectivity index (χ0) is 26.9. The number of rotatable bonds is 3. The van der Waals surface area contributed by atoms with Crippen molar-refractivity contribution in [3.05, 3.63) is 35.4 Å². The maximum atomic E-state index is 13.6. The van der Waals surface area contributed by atoms with Crippen molar-refractivity contribution < 1.29 is 32.2 Å². The van der Waals surface area contributed by atoms with Crippen molar-refractivity contribution in [3.63, 3.8) is 0 Å². The standard InChI is InChI=1S/C27H37F3N2O4/c1-25(2,3)35-23(33)18-11-14-31(15-12-18)22-16-20(27(28,29)30)9-10-21(22)19-8-7-13-32(17-19)24(34)36-26(4,5)6/h8-10,16,18H,7,11-15,17H2,1-6H3. The Morgan fingerprint density at radius 1 is 0.917 bits per heavy atom. The number of anilines is 1. The zero-order valence-corrected chi connectivity index (χ0v) is 22.0. The van der Waals surface area contributed by atoms with Gasteiger partial charge in [0.2, 0.25) is 0 Å². The molecule has 1 saturated heterocycles. The SMILES string of the molecule is CC(C)(C)OC(=O)C1CCN(c2cc(C(F)(F)F)ccc2C2=CCCN(C(=O)OC(C)(C)C)C2)CC1. The highest BCUT2D eigenvalue weighted by atomic mass is 19.4. The van der Waals surface area contributed by atoms with E-state index in [9.17, 15) is 22.8 Å². The summed E-state index contributed by atoms with van der Waals surface area (Å²) < 4.78 is 51.8. The molecule has 1 fully saturated rings. The van der Waals surface area contributed by atoms with Gasteiger partial charge in [0.05, 0.1) is 11.5 Å². The van der Waals surface area contributed by atoms with Crippen LogP contribution in [0.2, 0.25) is 0 Å². The Morgan fingerprint density at radius 3 is 2.08 bits per heavy atom. The summed E-state index contributed by atoms with van der Waals surface area (Å²) in [6.45, 7) is 12.4. The van der Waals surface area contributed by atoms with E-state index in [2.05, 4.69) is 0 Å². The molecule has 0 aliphatic carbocycles. The van der Waals surface area contributed by atoms with Crippen LogP contribution in [0.4, 0.5) is 23.7 Å². The Hall–Kier alpha value is -2.71. The molecule has 0 unspecified atom stereocenters. The Kier molecular flexibility index (Phi) is 8.01. The molecule has 1 amide bonds. The van der Waals surface area contributed by atoms with Crippen LogP contribution in [0.3, 0.4) is 0 Å². The van der Waals surface area contributed by atoms with Gasteiger partial charge in [-0.15, -0.1) is 0 Å². The lowest BCUT2D eigenvalue weighted by Gasteiger charge is -2.36. The molecule has 0 atom stereocenters. The number of amides is 1. The van der Waals surface area contributed by atoms with Crippen molar-refractivity contribution in [1.82, 2.24) is 4.90 Å². The van der Waals surface area contributed by atoms with Gasteiger partial charge in [0.1, 0.15) is 11.2 Å². The number of hydrogen-bond donors (Lipinski definition) is 0. The second-order valence-electron chi connectivity index (χ2n) is 11.4. The summed E-state index contributed by atoms with van der Waals surface area (Å²) in [5, 5.41) is 0. The molecule has 3 rings (SSSR count). The molecule has 0 radical (unpaired) electrons. The van der Waals surface area contributed by atoms with Crippen molar-refractivity contribution in [3.8, 4) is 0 Å². The lowest BCUT2D eigenvalue weighted by atomic mass is 9.93.